The van der Waals surface area contributed by atoms with Crippen molar-refractivity contribution in [3.05, 3.63) is 35.2 Å². The van der Waals surface area contributed by atoms with Crippen molar-refractivity contribution in [1.82, 2.24) is 10.6 Å². The van der Waals surface area contributed by atoms with E-state index in [0.717, 1.165) is 19.6 Å². The molecule has 0 unspecified atom stereocenters. The number of nitrogens with one attached hydrogen (secondary N) is 2. The first-order chi connectivity index (χ1) is 8.42. The lowest BCUT2D eigenvalue weighted by Gasteiger charge is -2.23. The molecule has 1 aromatic carbocycles. The molecule has 1 fully saturated rings. The van der Waals surface area contributed by atoms with E-state index in [1.54, 1.807) is 0 Å². The van der Waals surface area contributed by atoms with E-state index >= 15 is 0 Å². The maximum Gasteiger partial charge on any atom is 0.0346 e. The van der Waals surface area contributed by atoms with E-state index < -0.39 is 0 Å². The van der Waals surface area contributed by atoms with Gasteiger partial charge < -0.3 is 10.6 Å². The Balaban J connectivity index is 1.64. The van der Waals surface area contributed by atoms with E-state index in [4.69, 9.17) is 0 Å². The number of fused-ring (bicyclic) bond motifs is 1. The minimum absolute atomic E-state index is 0.696. The normalized spacial score (nSPS) is 17.6. The minimum Gasteiger partial charge on any atom is -0.317 e. The summed E-state index contributed by atoms with van der Waals surface area (Å²) in [6, 6.07) is 11.6. The highest BCUT2D eigenvalue weighted by Gasteiger charge is 2.12. The summed E-state index contributed by atoms with van der Waals surface area (Å²) in [6.45, 7) is 3.33. The number of benzene rings is 1. The largest absolute Gasteiger partial charge is 0.317 e. The Hall–Kier alpha value is -0.900. The van der Waals surface area contributed by atoms with Gasteiger partial charge in [-0.3, -0.25) is 0 Å². The lowest BCUT2D eigenvalue weighted by atomic mass is 10.1. The molecular weight excluding hydrogens is 228 g/mol. The second kappa shape index (κ2) is 5.17. The standard InChI is InChI=1S/C14H18N2S/c1-2-4-14-11(3-1)9-13(17-14)10-16-12-5-7-15-8-6-12/h1-4,9,12,15-16H,5-8,10H2. The molecule has 90 valence electrons. The van der Waals surface area contributed by atoms with Crippen molar-refractivity contribution in [2.45, 2.75) is 25.4 Å². The zero-order valence-corrected chi connectivity index (χ0v) is 10.7. The Kier molecular flexibility index (Phi) is 3.41. The fraction of sp³-hybridized carbons (Fsp3) is 0.429. The van der Waals surface area contributed by atoms with Crippen LogP contribution in [-0.2, 0) is 6.54 Å². The Labute approximate surface area is 106 Å². The van der Waals surface area contributed by atoms with Crippen molar-refractivity contribution >= 4 is 21.4 Å². The Morgan fingerprint density at radius 2 is 2.06 bits per heavy atom. The smallest absolute Gasteiger partial charge is 0.0346 e. The number of hydrogen-bond acceptors (Lipinski definition) is 3. The number of piperidine rings is 1. The molecule has 0 bridgehead atoms. The molecule has 1 aliphatic heterocycles. The van der Waals surface area contributed by atoms with Crippen LogP contribution < -0.4 is 10.6 Å². The first-order valence-electron chi connectivity index (χ1n) is 6.33. The highest BCUT2D eigenvalue weighted by molar-refractivity contribution is 7.19. The van der Waals surface area contributed by atoms with Gasteiger partial charge in [-0.05, 0) is 43.5 Å². The summed E-state index contributed by atoms with van der Waals surface area (Å²) in [6.07, 6.45) is 2.51. The third-order valence-electron chi connectivity index (χ3n) is 3.38. The Morgan fingerprint density at radius 3 is 2.88 bits per heavy atom. The average molecular weight is 246 g/mol. The predicted molar refractivity (Wildman–Crippen MR) is 74.6 cm³/mol. The molecule has 0 spiro atoms. The van der Waals surface area contributed by atoms with E-state index in [9.17, 15) is 0 Å². The van der Waals surface area contributed by atoms with Crippen LogP contribution >= 0.6 is 11.3 Å². The summed E-state index contributed by atoms with van der Waals surface area (Å²) in [5, 5.41) is 8.44. The molecular formula is C14H18N2S. The predicted octanol–water partition coefficient (Wildman–Crippen LogP) is 2.74. The van der Waals surface area contributed by atoms with E-state index in [0.29, 0.717) is 6.04 Å². The zero-order valence-electron chi connectivity index (χ0n) is 9.91. The molecule has 1 saturated heterocycles. The maximum atomic E-state index is 3.67. The highest BCUT2D eigenvalue weighted by atomic mass is 32.1. The van der Waals surface area contributed by atoms with Gasteiger partial charge in [-0.15, -0.1) is 11.3 Å². The number of thiophene rings is 1. The van der Waals surface area contributed by atoms with Gasteiger partial charge in [0.1, 0.15) is 0 Å². The molecule has 3 rings (SSSR count). The molecule has 17 heavy (non-hydrogen) atoms. The lowest BCUT2D eigenvalue weighted by Crippen LogP contribution is -2.39. The summed E-state index contributed by atoms with van der Waals surface area (Å²) < 4.78 is 1.40. The molecule has 1 aliphatic rings. The van der Waals surface area contributed by atoms with E-state index in [1.165, 1.54) is 27.8 Å². The number of rotatable bonds is 3. The van der Waals surface area contributed by atoms with Crippen molar-refractivity contribution < 1.29 is 0 Å². The first kappa shape index (κ1) is 11.2. The minimum atomic E-state index is 0.696. The SMILES string of the molecule is c1ccc2sc(CNC3CCNCC3)cc2c1. The fourth-order valence-corrected chi connectivity index (χ4v) is 3.41. The average Bonchev–Trinajstić information content (AvgIpc) is 2.80. The third kappa shape index (κ3) is 2.68. The topological polar surface area (TPSA) is 24.1 Å². The monoisotopic (exact) mass is 246 g/mol. The summed E-state index contributed by atoms with van der Waals surface area (Å²) in [5.41, 5.74) is 0. The van der Waals surface area contributed by atoms with Gasteiger partial charge in [0.25, 0.3) is 0 Å². The Morgan fingerprint density at radius 1 is 1.24 bits per heavy atom. The van der Waals surface area contributed by atoms with Crippen molar-refractivity contribution in [2.24, 2.45) is 0 Å². The van der Waals surface area contributed by atoms with Crippen molar-refractivity contribution in [2.75, 3.05) is 13.1 Å². The summed E-state index contributed by atoms with van der Waals surface area (Å²) >= 11 is 1.91. The quantitative estimate of drug-likeness (QED) is 0.870. The van der Waals surface area contributed by atoms with Gasteiger partial charge in [0, 0.05) is 22.2 Å². The van der Waals surface area contributed by atoms with Crippen molar-refractivity contribution in [1.29, 1.82) is 0 Å². The van der Waals surface area contributed by atoms with E-state index in [1.807, 2.05) is 11.3 Å². The zero-order chi connectivity index (χ0) is 11.5. The van der Waals surface area contributed by atoms with Gasteiger partial charge in [0.2, 0.25) is 0 Å². The van der Waals surface area contributed by atoms with Gasteiger partial charge in [0.05, 0.1) is 0 Å². The van der Waals surface area contributed by atoms with Crippen LogP contribution in [0, 0.1) is 0 Å². The molecule has 2 heterocycles. The van der Waals surface area contributed by atoms with Gasteiger partial charge in [-0.25, -0.2) is 0 Å². The summed E-state index contributed by atoms with van der Waals surface area (Å²) in [4.78, 5) is 1.45. The maximum absolute atomic E-state index is 3.67. The summed E-state index contributed by atoms with van der Waals surface area (Å²) in [5.74, 6) is 0. The van der Waals surface area contributed by atoms with Crippen LogP contribution in [0.2, 0.25) is 0 Å². The van der Waals surface area contributed by atoms with Gasteiger partial charge in [-0.1, -0.05) is 18.2 Å². The van der Waals surface area contributed by atoms with Crippen LogP contribution in [0.25, 0.3) is 10.1 Å². The van der Waals surface area contributed by atoms with E-state index in [2.05, 4.69) is 41.0 Å². The van der Waals surface area contributed by atoms with Crippen LogP contribution in [0.15, 0.2) is 30.3 Å². The van der Waals surface area contributed by atoms with Crippen LogP contribution in [0.1, 0.15) is 17.7 Å². The molecule has 0 aliphatic carbocycles. The van der Waals surface area contributed by atoms with Gasteiger partial charge in [-0.2, -0.15) is 0 Å². The van der Waals surface area contributed by atoms with Crippen LogP contribution in [0.3, 0.4) is 0 Å². The van der Waals surface area contributed by atoms with Crippen LogP contribution in [-0.4, -0.2) is 19.1 Å². The molecule has 1 aromatic heterocycles. The molecule has 0 radical (unpaired) electrons. The number of hydrogen-bond donors (Lipinski definition) is 2. The molecule has 2 nitrogen and oxygen atoms in total. The van der Waals surface area contributed by atoms with Crippen molar-refractivity contribution in [3.8, 4) is 0 Å². The fourth-order valence-electron chi connectivity index (χ4n) is 2.39. The molecule has 2 aromatic rings. The second-order valence-electron chi connectivity index (χ2n) is 4.66. The van der Waals surface area contributed by atoms with Crippen LogP contribution in [0.4, 0.5) is 0 Å². The molecule has 2 N–H and O–H groups in total. The van der Waals surface area contributed by atoms with Gasteiger partial charge >= 0.3 is 0 Å². The highest BCUT2D eigenvalue weighted by Crippen LogP contribution is 2.25. The Bertz CT molecular complexity index is 453. The molecule has 0 amide bonds. The first-order valence-corrected chi connectivity index (χ1v) is 7.15. The summed E-state index contributed by atoms with van der Waals surface area (Å²) in [7, 11) is 0. The molecule has 0 saturated carbocycles. The third-order valence-corrected chi connectivity index (χ3v) is 4.50. The van der Waals surface area contributed by atoms with E-state index in [-0.39, 0.29) is 0 Å². The lowest BCUT2D eigenvalue weighted by molar-refractivity contribution is 0.387. The second-order valence-corrected chi connectivity index (χ2v) is 5.82. The molecule has 3 heteroatoms. The van der Waals surface area contributed by atoms with Gasteiger partial charge in [0.15, 0.2) is 0 Å². The van der Waals surface area contributed by atoms with Crippen LogP contribution in [0.5, 0.6) is 0 Å². The van der Waals surface area contributed by atoms with Crippen molar-refractivity contribution in [3.63, 3.8) is 0 Å². The molecule has 0 atom stereocenters.